The van der Waals surface area contributed by atoms with Gasteiger partial charge in [0.25, 0.3) is 5.91 Å². The number of primary amides is 1. The van der Waals surface area contributed by atoms with Crippen molar-refractivity contribution < 1.29 is 58.7 Å². The number of hydrogen-bond donors (Lipinski definition) is 6. The minimum Gasteiger partial charge on any atom is -0.510 e. The number of fused-ring (bicyclic) bond motifs is 3. The van der Waals surface area contributed by atoms with Crippen LogP contribution in [0.4, 0.5) is 16.2 Å². The number of nitrogens with two attached hydrogens (primary N) is 1. The average Bonchev–Trinajstić information content (AvgIpc) is 3.61. The number of carbonyl (C=O) groups excluding carboxylic acids is 6. The lowest BCUT2D eigenvalue weighted by molar-refractivity contribution is -0.157. The molecule has 0 radical (unpaired) electrons. The van der Waals surface area contributed by atoms with Crippen LogP contribution in [0.2, 0.25) is 0 Å². The molecule has 1 saturated carbocycles. The molecule has 0 aromatic heterocycles. The minimum atomic E-state index is -2.81. The van der Waals surface area contributed by atoms with Gasteiger partial charge in [0, 0.05) is 36.8 Å². The second-order valence-corrected chi connectivity index (χ2v) is 15.8. The molecule has 4 aliphatic rings. The van der Waals surface area contributed by atoms with E-state index in [0.717, 1.165) is 17.7 Å². The van der Waals surface area contributed by atoms with Crippen molar-refractivity contribution in [1.29, 1.82) is 0 Å². The summed E-state index contributed by atoms with van der Waals surface area (Å²) < 4.78 is 10.3. The third-order valence-corrected chi connectivity index (χ3v) is 10.9. The lowest BCUT2D eigenvalue weighted by atomic mass is 9.58. The number of ketones is 2. The van der Waals surface area contributed by atoms with Gasteiger partial charge in [0.1, 0.15) is 23.6 Å². The van der Waals surface area contributed by atoms with Crippen LogP contribution >= 0.6 is 0 Å². The van der Waals surface area contributed by atoms with E-state index >= 15 is 0 Å². The summed E-state index contributed by atoms with van der Waals surface area (Å²) in [6, 6.07) is 0.321. The van der Waals surface area contributed by atoms with Gasteiger partial charge < -0.3 is 45.9 Å². The quantitative estimate of drug-likeness (QED) is 0.0914. The number of phenolic OH excluding ortho intramolecular Hbond substituents is 1. The van der Waals surface area contributed by atoms with Gasteiger partial charge in [-0.3, -0.25) is 33.8 Å². The van der Waals surface area contributed by atoms with Crippen LogP contribution in [0, 0.1) is 17.8 Å². The first-order valence-electron chi connectivity index (χ1n) is 17.7. The van der Waals surface area contributed by atoms with Crippen molar-refractivity contribution in [2.75, 3.05) is 51.7 Å². The Kier molecular flexibility index (Phi) is 10.8. The SMILES string of the molecule is CN(C)c1cc(NC(=O)CN(C(=O)OCOC(=O)C2CCCC2)C(C)(C)C)c(O)c2c1C[C@H]1C[C@H]3[C@H](N(C)C)C(O)=C(C(N)=O)C(=O)[C@@]3(O)C(O)=C1C2=O. The third-order valence-electron chi connectivity index (χ3n) is 10.9. The molecule has 1 fully saturated rings. The molecule has 3 amide bonds. The molecule has 1 aromatic carbocycles. The number of nitrogens with zero attached hydrogens (tertiary/aromatic N) is 3. The van der Waals surface area contributed by atoms with Gasteiger partial charge in [-0.2, -0.15) is 0 Å². The zero-order valence-corrected chi connectivity index (χ0v) is 31.5. The van der Waals surface area contributed by atoms with E-state index < -0.39 is 101 Å². The minimum absolute atomic E-state index is 0.0405. The highest BCUT2D eigenvalue weighted by molar-refractivity contribution is 6.25. The number of phenols is 1. The zero-order chi connectivity index (χ0) is 40.2. The summed E-state index contributed by atoms with van der Waals surface area (Å²) in [6.07, 6.45) is 2.27. The van der Waals surface area contributed by atoms with Crippen LogP contribution in [-0.2, 0) is 35.1 Å². The van der Waals surface area contributed by atoms with Crippen molar-refractivity contribution in [3.63, 3.8) is 0 Å². The van der Waals surface area contributed by atoms with E-state index in [9.17, 15) is 49.2 Å². The standard InChI is InChI=1S/C37H49N5O12/c1-36(2,3)42(35(51)54-16-53-34(50)17-10-8-9-11-17)15-23(43)39-21-14-22(40(4)5)19-12-18-13-20-27(41(6)7)30(46)26(33(38)49)32(48)37(20,52)31(47)24(18)29(45)25(19)28(21)44/h14,17-18,20,27,44,46-47,52H,8-13,15-16H2,1-7H3,(H2,38,49)(H,39,43)/t18-,20-,27-,37-/m0/s1. The summed E-state index contributed by atoms with van der Waals surface area (Å²) in [6.45, 7) is 3.77. The number of Topliss-reactive ketones (excluding diaryl/α,β-unsaturated/α-hetero) is 2. The summed E-state index contributed by atoms with van der Waals surface area (Å²) in [5, 5.41) is 48.7. The molecule has 7 N–H and O–H groups in total. The number of carbonyl (C=O) groups is 6. The molecule has 0 heterocycles. The molecule has 17 nitrogen and oxygen atoms in total. The van der Waals surface area contributed by atoms with E-state index in [-0.39, 0.29) is 35.6 Å². The monoisotopic (exact) mass is 755 g/mol. The molecule has 5 rings (SSSR count). The highest BCUT2D eigenvalue weighted by Crippen LogP contribution is 2.54. The molecule has 0 bridgehead atoms. The van der Waals surface area contributed by atoms with Crippen LogP contribution in [0.3, 0.4) is 0 Å². The first kappa shape index (κ1) is 40.0. The van der Waals surface area contributed by atoms with Crippen LogP contribution in [0.15, 0.2) is 28.7 Å². The lowest BCUT2D eigenvalue weighted by Gasteiger charge is -2.50. The maximum atomic E-state index is 14.3. The number of aliphatic hydroxyl groups excluding tert-OH is 2. The van der Waals surface area contributed by atoms with Crippen LogP contribution in [0.1, 0.15) is 68.8 Å². The molecule has 17 heteroatoms. The number of nitrogens with one attached hydrogen (secondary N) is 1. The maximum absolute atomic E-state index is 14.3. The normalized spacial score (nSPS) is 24.1. The Hall–Kier alpha value is -5.16. The second-order valence-electron chi connectivity index (χ2n) is 15.8. The zero-order valence-electron chi connectivity index (χ0n) is 31.5. The Morgan fingerprint density at radius 2 is 1.65 bits per heavy atom. The highest BCUT2D eigenvalue weighted by atomic mass is 16.7. The van der Waals surface area contributed by atoms with E-state index in [0.29, 0.717) is 24.1 Å². The molecule has 0 saturated heterocycles. The topological polar surface area (TPSA) is 250 Å². The lowest BCUT2D eigenvalue weighted by Crippen LogP contribution is -2.63. The van der Waals surface area contributed by atoms with Crippen LogP contribution in [0.25, 0.3) is 0 Å². The average molecular weight is 756 g/mol. The highest BCUT2D eigenvalue weighted by Gasteiger charge is 2.63. The number of likely N-dealkylation sites (N-methyl/N-ethyl adjacent to an activating group) is 1. The molecule has 0 unspecified atom stereocenters. The van der Waals surface area contributed by atoms with Gasteiger partial charge in [-0.25, -0.2) is 4.79 Å². The van der Waals surface area contributed by atoms with Gasteiger partial charge in [-0.05, 0) is 78.1 Å². The number of allylic oxidation sites excluding steroid dienone is 1. The van der Waals surface area contributed by atoms with Gasteiger partial charge in [-0.1, -0.05) is 12.8 Å². The summed E-state index contributed by atoms with van der Waals surface area (Å²) in [5.74, 6) is -9.42. The van der Waals surface area contributed by atoms with Crippen molar-refractivity contribution in [1.82, 2.24) is 9.80 Å². The van der Waals surface area contributed by atoms with Crippen LogP contribution in [0.5, 0.6) is 5.75 Å². The number of ether oxygens (including phenoxy) is 2. The van der Waals surface area contributed by atoms with Crippen LogP contribution in [-0.4, -0.2) is 124 Å². The first-order valence-corrected chi connectivity index (χ1v) is 17.7. The fraction of sp³-hybridized carbons (Fsp3) is 0.568. The van der Waals surface area contributed by atoms with Gasteiger partial charge in [0.05, 0.1) is 23.2 Å². The molecule has 54 heavy (non-hydrogen) atoms. The maximum Gasteiger partial charge on any atom is 0.413 e. The number of amides is 3. The summed E-state index contributed by atoms with van der Waals surface area (Å²) in [4.78, 5) is 83.3. The molecule has 0 spiro atoms. The molecular formula is C37H49N5O12. The van der Waals surface area contributed by atoms with Gasteiger partial charge in [0.2, 0.25) is 18.5 Å². The molecule has 4 atom stereocenters. The molecule has 1 aromatic rings. The summed E-state index contributed by atoms with van der Waals surface area (Å²) >= 11 is 0. The molecule has 0 aliphatic heterocycles. The number of esters is 1. The molecule has 4 aliphatic carbocycles. The van der Waals surface area contributed by atoms with Gasteiger partial charge in [-0.15, -0.1) is 0 Å². The van der Waals surface area contributed by atoms with Gasteiger partial charge in [0.15, 0.2) is 17.1 Å². The first-order chi connectivity index (χ1) is 25.1. The van der Waals surface area contributed by atoms with E-state index in [1.54, 1.807) is 53.9 Å². The Labute approximate surface area is 312 Å². The van der Waals surface area contributed by atoms with E-state index in [2.05, 4.69) is 5.32 Å². The van der Waals surface area contributed by atoms with E-state index in [1.807, 2.05) is 0 Å². The van der Waals surface area contributed by atoms with Gasteiger partial charge >= 0.3 is 12.1 Å². The Morgan fingerprint density at radius 3 is 2.20 bits per heavy atom. The molecular weight excluding hydrogens is 706 g/mol. The Bertz CT molecular complexity index is 1850. The number of anilines is 2. The Morgan fingerprint density at radius 1 is 1.02 bits per heavy atom. The van der Waals surface area contributed by atoms with Crippen molar-refractivity contribution in [2.24, 2.45) is 23.5 Å². The predicted octanol–water partition coefficient (Wildman–Crippen LogP) is 2.05. The number of benzene rings is 1. The smallest absolute Gasteiger partial charge is 0.413 e. The van der Waals surface area contributed by atoms with Crippen molar-refractivity contribution in [3.05, 3.63) is 39.9 Å². The van der Waals surface area contributed by atoms with E-state index in [1.165, 1.54) is 11.0 Å². The van der Waals surface area contributed by atoms with Crippen molar-refractivity contribution in [2.45, 2.75) is 76.5 Å². The second kappa shape index (κ2) is 14.6. The predicted molar refractivity (Wildman–Crippen MR) is 192 cm³/mol. The molecule has 294 valence electrons. The van der Waals surface area contributed by atoms with Crippen molar-refractivity contribution in [3.8, 4) is 5.75 Å². The van der Waals surface area contributed by atoms with Crippen LogP contribution < -0.4 is 16.0 Å². The summed E-state index contributed by atoms with van der Waals surface area (Å²) in [5.41, 5.74) is 0.664. The fourth-order valence-electron chi connectivity index (χ4n) is 8.20. The fourth-order valence-corrected chi connectivity index (χ4v) is 8.20. The largest absolute Gasteiger partial charge is 0.510 e. The Balaban J connectivity index is 1.45. The number of aromatic hydroxyl groups is 1. The summed E-state index contributed by atoms with van der Waals surface area (Å²) in [7, 11) is 6.45. The number of rotatable bonds is 9. The van der Waals surface area contributed by atoms with E-state index in [4.69, 9.17) is 15.2 Å². The third kappa shape index (κ3) is 6.85. The van der Waals surface area contributed by atoms with Crippen molar-refractivity contribution >= 4 is 46.8 Å². The number of aliphatic hydroxyl groups is 3. The number of hydrogen-bond acceptors (Lipinski definition) is 14.